The molecule has 0 spiro atoms. The molecule has 104 valence electrons. The zero-order valence-corrected chi connectivity index (χ0v) is 12.3. The first-order chi connectivity index (χ1) is 10.9. The minimum atomic E-state index is 1.17. The highest BCUT2D eigenvalue weighted by atomic mass is 14.1. The predicted molar refractivity (Wildman–Crippen MR) is 97.0 cm³/mol. The van der Waals surface area contributed by atoms with Crippen LogP contribution in [-0.4, -0.2) is 0 Å². The van der Waals surface area contributed by atoms with Crippen LogP contribution in [0.1, 0.15) is 5.56 Å². The summed E-state index contributed by atoms with van der Waals surface area (Å²) in [7, 11) is 0. The molecule has 0 aliphatic rings. The molecule has 0 saturated heterocycles. The molecule has 0 amide bonds. The second kappa shape index (κ2) is 5.16. The number of benzene rings is 4. The molecule has 0 fully saturated rings. The van der Waals surface area contributed by atoms with Gasteiger partial charge in [0.15, 0.2) is 0 Å². The van der Waals surface area contributed by atoms with Crippen LogP contribution in [-0.2, 0) is 0 Å². The Kier molecular flexibility index (Phi) is 3.01. The molecular weight excluding hydrogens is 264 g/mol. The quantitative estimate of drug-likeness (QED) is 0.378. The molecule has 0 heteroatoms. The zero-order valence-electron chi connectivity index (χ0n) is 12.3. The van der Waals surface area contributed by atoms with E-state index in [0.717, 1.165) is 0 Å². The highest BCUT2D eigenvalue weighted by molar-refractivity contribution is 6.14. The average molecular weight is 280 g/mol. The van der Waals surface area contributed by atoms with Crippen LogP contribution in [0.25, 0.3) is 38.7 Å². The van der Waals surface area contributed by atoms with E-state index < -0.39 is 0 Å². The van der Waals surface area contributed by atoms with Crippen LogP contribution in [0.2, 0.25) is 0 Å². The molecule has 4 aromatic rings. The third-order valence-corrected chi connectivity index (χ3v) is 4.24. The number of hydrogen-bond acceptors (Lipinski definition) is 0. The van der Waals surface area contributed by atoms with Gasteiger partial charge in [0.1, 0.15) is 0 Å². The smallest absolute Gasteiger partial charge is 0.00930 e. The average Bonchev–Trinajstić information content (AvgIpc) is 2.61. The van der Waals surface area contributed by atoms with E-state index in [4.69, 9.17) is 0 Å². The van der Waals surface area contributed by atoms with Gasteiger partial charge in [-0.05, 0) is 44.3 Å². The van der Waals surface area contributed by atoms with Gasteiger partial charge in [0.2, 0.25) is 0 Å². The van der Waals surface area contributed by atoms with E-state index in [1.165, 1.54) is 38.2 Å². The van der Waals surface area contributed by atoms with Crippen LogP contribution >= 0.6 is 0 Å². The molecule has 0 aliphatic heterocycles. The minimum Gasteiger partial charge on any atom is -0.0984 e. The molecule has 4 aromatic carbocycles. The normalized spacial score (nSPS) is 10.9. The van der Waals surface area contributed by atoms with E-state index in [9.17, 15) is 0 Å². The summed E-state index contributed by atoms with van der Waals surface area (Å²) in [4.78, 5) is 0. The Labute approximate surface area is 130 Å². The zero-order chi connectivity index (χ0) is 14.9. The summed E-state index contributed by atoms with van der Waals surface area (Å²) in [6.07, 6.45) is 1.93. The maximum Gasteiger partial charge on any atom is -0.00930 e. The van der Waals surface area contributed by atoms with Crippen molar-refractivity contribution in [3.63, 3.8) is 0 Å². The number of rotatable bonds is 2. The Balaban J connectivity index is 2.19. The Bertz CT molecular complexity index is 993. The molecule has 0 nitrogen and oxygen atoms in total. The van der Waals surface area contributed by atoms with Gasteiger partial charge in [-0.2, -0.15) is 0 Å². The number of hydrogen-bond donors (Lipinski definition) is 0. The fourth-order valence-electron chi connectivity index (χ4n) is 3.20. The lowest BCUT2D eigenvalue weighted by atomic mass is 9.91. The van der Waals surface area contributed by atoms with Gasteiger partial charge < -0.3 is 0 Å². The van der Waals surface area contributed by atoms with Gasteiger partial charge in [-0.1, -0.05) is 85.5 Å². The highest BCUT2D eigenvalue weighted by Gasteiger charge is 2.09. The van der Waals surface area contributed by atoms with Crippen molar-refractivity contribution >= 4 is 27.6 Å². The summed E-state index contributed by atoms with van der Waals surface area (Å²) >= 11 is 0. The second-order valence-corrected chi connectivity index (χ2v) is 5.48. The van der Waals surface area contributed by atoms with Crippen molar-refractivity contribution in [2.45, 2.75) is 0 Å². The Morgan fingerprint density at radius 2 is 1.23 bits per heavy atom. The van der Waals surface area contributed by atoms with Gasteiger partial charge in [0.25, 0.3) is 0 Å². The summed E-state index contributed by atoms with van der Waals surface area (Å²) in [5.74, 6) is 0. The van der Waals surface area contributed by atoms with Gasteiger partial charge in [-0.25, -0.2) is 0 Å². The minimum absolute atomic E-state index is 1.17. The lowest BCUT2D eigenvalue weighted by molar-refractivity contribution is 1.63. The molecule has 0 bridgehead atoms. The summed E-state index contributed by atoms with van der Waals surface area (Å²) in [6.45, 7) is 3.96. The molecule has 4 rings (SSSR count). The van der Waals surface area contributed by atoms with Crippen molar-refractivity contribution in [2.24, 2.45) is 0 Å². The standard InChI is InChI=1S/C22H16/c1-2-16-9-3-5-11-18(16)22-15-17-10-4-6-12-19(17)20-13-7-8-14-21(20)22/h2-15H,1H2. The maximum absolute atomic E-state index is 3.96. The molecule has 0 unspecified atom stereocenters. The van der Waals surface area contributed by atoms with E-state index in [2.05, 4.69) is 85.4 Å². The Morgan fingerprint density at radius 1 is 0.591 bits per heavy atom. The van der Waals surface area contributed by atoms with Gasteiger partial charge in [0, 0.05) is 0 Å². The van der Waals surface area contributed by atoms with Crippen molar-refractivity contribution in [1.29, 1.82) is 0 Å². The lowest BCUT2D eigenvalue weighted by Gasteiger charge is -2.13. The van der Waals surface area contributed by atoms with Crippen molar-refractivity contribution in [3.05, 3.63) is 91.0 Å². The molecule has 0 saturated carbocycles. The Hall–Kier alpha value is -2.86. The highest BCUT2D eigenvalue weighted by Crippen LogP contribution is 2.36. The maximum atomic E-state index is 3.96. The number of fused-ring (bicyclic) bond motifs is 3. The van der Waals surface area contributed by atoms with Crippen LogP contribution in [0.4, 0.5) is 0 Å². The fourth-order valence-corrected chi connectivity index (χ4v) is 3.20. The molecular formula is C22H16. The lowest BCUT2D eigenvalue weighted by Crippen LogP contribution is -1.87. The molecule has 0 atom stereocenters. The molecule has 0 aliphatic carbocycles. The topological polar surface area (TPSA) is 0 Å². The summed E-state index contributed by atoms with van der Waals surface area (Å²) in [5.41, 5.74) is 3.67. The summed E-state index contributed by atoms with van der Waals surface area (Å²) in [6, 6.07) is 27.9. The SMILES string of the molecule is C=Cc1ccccc1-c1cc2ccccc2c2ccccc12. The van der Waals surface area contributed by atoms with Crippen LogP contribution in [0.3, 0.4) is 0 Å². The summed E-state index contributed by atoms with van der Waals surface area (Å²) < 4.78 is 0. The van der Waals surface area contributed by atoms with Crippen molar-refractivity contribution in [2.75, 3.05) is 0 Å². The molecule has 0 aromatic heterocycles. The second-order valence-electron chi connectivity index (χ2n) is 5.48. The van der Waals surface area contributed by atoms with E-state index in [0.29, 0.717) is 0 Å². The molecule has 0 radical (unpaired) electrons. The van der Waals surface area contributed by atoms with E-state index in [1.54, 1.807) is 0 Å². The summed E-state index contributed by atoms with van der Waals surface area (Å²) in [5, 5.41) is 5.16. The molecule has 0 N–H and O–H groups in total. The molecule has 22 heavy (non-hydrogen) atoms. The van der Waals surface area contributed by atoms with Crippen LogP contribution < -0.4 is 0 Å². The predicted octanol–water partition coefficient (Wildman–Crippen LogP) is 6.30. The van der Waals surface area contributed by atoms with E-state index in [1.807, 2.05) is 6.08 Å². The Morgan fingerprint density at radius 3 is 2.05 bits per heavy atom. The first-order valence-corrected chi connectivity index (χ1v) is 7.51. The van der Waals surface area contributed by atoms with Crippen molar-refractivity contribution in [1.82, 2.24) is 0 Å². The van der Waals surface area contributed by atoms with Crippen LogP contribution in [0, 0.1) is 0 Å². The van der Waals surface area contributed by atoms with Gasteiger partial charge >= 0.3 is 0 Å². The first kappa shape index (κ1) is 12.8. The third kappa shape index (κ3) is 1.93. The van der Waals surface area contributed by atoms with E-state index >= 15 is 0 Å². The third-order valence-electron chi connectivity index (χ3n) is 4.24. The van der Waals surface area contributed by atoms with Crippen LogP contribution in [0.15, 0.2) is 85.4 Å². The van der Waals surface area contributed by atoms with Crippen molar-refractivity contribution < 1.29 is 0 Å². The largest absolute Gasteiger partial charge is 0.0984 e. The first-order valence-electron chi connectivity index (χ1n) is 7.51. The van der Waals surface area contributed by atoms with Gasteiger partial charge in [-0.3, -0.25) is 0 Å². The monoisotopic (exact) mass is 280 g/mol. The van der Waals surface area contributed by atoms with E-state index in [-0.39, 0.29) is 0 Å². The van der Waals surface area contributed by atoms with Crippen LogP contribution in [0.5, 0.6) is 0 Å². The molecule has 0 heterocycles. The van der Waals surface area contributed by atoms with Crippen molar-refractivity contribution in [3.8, 4) is 11.1 Å². The van der Waals surface area contributed by atoms with Gasteiger partial charge in [0.05, 0.1) is 0 Å². The fraction of sp³-hybridized carbons (Fsp3) is 0. The van der Waals surface area contributed by atoms with Gasteiger partial charge in [-0.15, -0.1) is 0 Å².